The van der Waals surface area contributed by atoms with E-state index in [-0.39, 0.29) is 0 Å². The van der Waals surface area contributed by atoms with Crippen LogP contribution in [0.3, 0.4) is 0 Å². The SMILES string of the molecule is c1ccc(-c2nc(-c3ccccc3)nc(-c3cccc(-c4cccc(-c5ccc6c(c5)C5(c7ccccc7O6)c6ccccc6-c6c5ccc5occc65)c4)c3)n2)cc1. The maximum absolute atomic E-state index is 6.74. The highest BCUT2D eigenvalue weighted by atomic mass is 16.5. The van der Waals surface area contributed by atoms with Gasteiger partial charge in [-0.1, -0.05) is 152 Å². The van der Waals surface area contributed by atoms with Crippen LogP contribution in [0, 0.1) is 0 Å². The van der Waals surface area contributed by atoms with E-state index in [9.17, 15) is 0 Å². The van der Waals surface area contributed by atoms with Gasteiger partial charge in [0.15, 0.2) is 17.5 Å². The second-order valence-electron chi connectivity index (χ2n) is 15.1. The fourth-order valence-corrected chi connectivity index (χ4v) is 9.27. The van der Waals surface area contributed by atoms with Gasteiger partial charge in [0.05, 0.1) is 11.7 Å². The highest BCUT2D eigenvalue weighted by molar-refractivity contribution is 6.03. The molecule has 2 aliphatic rings. The van der Waals surface area contributed by atoms with Gasteiger partial charge in [0.25, 0.3) is 0 Å². The predicted molar refractivity (Wildman–Crippen MR) is 234 cm³/mol. The molecular weight excluding hydrogens is 723 g/mol. The first-order valence-electron chi connectivity index (χ1n) is 19.8. The van der Waals surface area contributed by atoms with Crippen molar-refractivity contribution in [2.24, 2.45) is 0 Å². The van der Waals surface area contributed by atoms with Crippen molar-refractivity contribution in [1.82, 2.24) is 15.0 Å². The zero-order valence-electron chi connectivity index (χ0n) is 31.7. The summed E-state index contributed by atoms with van der Waals surface area (Å²) >= 11 is 0. The monoisotopic (exact) mass is 755 g/mol. The maximum atomic E-state index is 6.74. The minimum absolute atomic E-state index is 0.592. The molecule has 0 saturated carbocycles. The Labute approximate surface area is 340 Å². The van der Waals surface area contributed by atoms with Crippen LogP contribution in [0.1, 0.15) is 22.3 Å². The lowest BCUT2D eigenvalue weighted by molar-refractivity contribution is 0.436. The van der Waals surface area contributed by atoms with E-state index in [1.54, 1.807) is 6.26 Å². The van der Waals surface area contributed by atoms with Crippen LogP contribution in [0.2, 0.25) is 0 Å². The highest BCUT2D eigenvalue weighted by Crippen LogP contribution is 2.63. The first kappa shape index (κ1) is 33.3. The molecule has 0 saturated heterocycles. The van der Waals surface area contributed by atoms with Crippen molar-refractivity contribution in [2.45, 2.75) is 5.41 Å². The van der Waals surface area contributed by atoms with Gasteiger partial charge in [0, 0.05) is 33.2 Å². The third-order valence-electron chi connectivity index (χ3n) is 11.9. The molecule has 1 spiro atoms. The molecule has 10 aromatic rings. The molecule has 1 aliphatic carbocycles. The van der Waals surface area contributed by atoms with E-state index in [0.29, 0.717) is 17.5 Å². The molecule has 0 fully saturated rings. The molecular formula is C54H33N3O2. The minimum Gasteiger partial charge on any atom is -0.464 e. The number of aromatic nitrogens is 3. The van der Waals surface area contributed by atoms with Gasteiger partial charge in [0.1, 0.15) is 17.1 Å². The molecule has 8 aromatic carbocycles. The van der Waals surface area contributed by atoms with Crippen LogP contribution in [-0.2, 0) is 5.41 Å². The van der Waals surface area contributed by atoms with Crippen LogP contribution < -0.4 is 4.74 Å². The van der Waals surface area contributed by atoms with E-state index >= 15 is 0 Å². The molecule has 12 rings (SSSR count). The van der Waals surface area contributed by atoms with Crippen LogP contribution in [0.25, 0.3) is 78.5 Å². The maximum Gasteiger partial charge on any atom is 0.164 e. The van der Waals surface area contributed by atoms with Crippen molar-refractivity contribution in [2.75, 3.05) is 0 Å². The average molecular weight is 756 g/mol. The molecule has 2 aromatic heterocycles. The molecule has 0 radical (unpaired) electrons. The Morgan fingerprint density at radius 2 is 0.898 bits per heavy atom. The fourth-order valence-electron chi connectivity index (χ4n) is 9.27. The molecule has 3 heterocycles. The van der Waals surface area contributed by atoms with Crippen LogP contribution in [0.5, 0.6) is 11.5 Å². The molecule has 1 unspecified atom stereocenters. The summed E-state index contributed by atoms with van der Waals surface area (Å²) in [5.41, 5.74) is 14.6. The zero-order valence-corrected chi connectivity index (χ0v) is 31.7. The number of furan rings is 1. The average Bonchev–Trinajstić information content (AvgIpc) is 3.91. The normalized spacial score (nSPS) is 14.6. The lowest BCUT2D eigenvalue weighted by Crippen LogP contribution is -2.32. The summed E-state index contributed by atoms with van der Waals surface area (Å²) in [5.74, 6) is 3.63. The molecule has 0 bridgehead atoms. The van der Waals surface area contributed by atoms with Gasteiger partial charge in [-0.05, 0) is 87.0 Å². The fraction of sp³-hybridized carbons (Fsp3) is 0.0185. The van der Waals surface area contributed by atoms with E-state index in [2.05, 4.69) is 133 Å². The lowest BCUT2D eigenvalue weighted by atomic mass is 9.65. The molecule has 5 nitrogen and oxygen atoms in total. The summed E-state index contributed by atoms with van der Waals surface area (Å²) < 4.78 is 12.7. The predicted octanol–water partition coefficient (Wildman–Crippen LogP) is 13.4. The topological polar surface area (TPSA) is 61.0 Å². The standard InChI is InChI=1S/C54H33N3O2/c1-3-13-34(14-4-1)51-55-52(35-15-5-2-6-16-35)57-53(56-51)40-20-12-19-38(32-40)36-17-11-18-37(31-36)39-25-27-49-46(33-39)54(44-23-9-10-24-48(44)59-49)43-22-8-7-21-41(43)50-42-29-30-58-47(42)28-26-45(50)54/h1-33H. The van der Waals surface area contributed by atoms with E-state index in [1.165, 1.54) is 22.3 Å². The molecule has 1 aliphatic heterocycles. The summed E-state index contributed by atoms with van der Waals surface area (Å²) in [7, 11) is 0. The zero-order chi connectivity index (χ0) is 38.9. The van der Waals surface area contributed by atoms with E-state index in [1.807, 2.05) is 60.7 Å². The Kier molecular flexibility index (Phi) is 7.38. The molecule has 1 atom stereocenters. The molecule has 276 valence electrons. The van der Waals surface area contributed by atoms with Crippen molar-refractivity contribution in [3.8, 4) is 79.0 Å². The summed E-state index contributed by atoms with van der Waals surface area (Å²) in [6.45, 7) is 0. The number of para-hydroxylation sites is 1. The Bertz CT molecular complexity index is 3210. The Morgan fingerprint density at radius 3 is 1.61 bits per heavy atom. The molecule has 0 amide bonds. The molecule has 0 N–H and O–H groups in total. The molecule has 59 heavy (non-hydrogen) atoms. The number of benzene rings is 8. The van der Waals surface area contributed by atoms with Crippen LogP contribution in [0.4, 0.5) is 0 Å². The highest BCUT2D eigenvalue weighted by Gasteiger charge is 2.51. The van der Waals surface area contributed by atoms with Crippen molar-refractivity contribution in [3.05, 3.63) is 223 Å². The Morgan fingerprint density at radius 1 is 0.356 bits per heavy atom. The van der Waals surface area contributed by atoms with Crippen LogP contribution >= 0.6 is 0 Å². The van der Waals surface area contributed by atoms with Gasteiger partial charge < -0.3 is 9.15 Å². The second kappa shape index (κ2) is 13.1. The van der Waals surface area contributed by atoms with Gasteiger partial charge in [-0.3, -0.25) is 0 Å². The second-order valence-corrected chi connectivity index (χ2v) is 15.1. The number of nitrogens with zero attached hydrogens (tertiary/aromatic N) is 3. The third-order valence-corrected chi connectivity index (χ3v) is 11.9. The van der Waals surface area contributed by atoms with Gasteiger partial charge in [-0.25, -0.2) is 15.0 Å². The quantitative estimate of drug-likeness (QED) is 0.175. The number of ether oxygens (including phenoxy) is 1. The smallest absolute Gasteiger partial charge is 0.164 e. The van der Waals surface area contributed by atoms with E-state index in [4.69, 9.17) is 24.1 Å². The van der Waals surface area contributed by atoms with Gasteiger partial charge in [-0.15, -0.1) is 0 Å². The van der Waals surface area contributed by atoms with Crippen molar-refractivity contribution in [3.63, 3.8) is 0 Å². The van der Waals surface area contributed by atoms with Gasteiger partial charge >= 0.3 is 0 Å². The largest absolute Gasteiger partial charge is 0.464 e. The van der Waals surface area contributed by atoms with Crippen molar-refractivity contribution in [1.29, 1.82) is 0 Å². The van der Waals surface area contributed by atoms with Gasteiger partial charge in [-0.2, -0.15) is 0 Å². The van der Waals surface area contributed by atoms with Crippen LogP contribution in [-0.4, -0.2) is 15.0 Å². The number of rotatable bonds is 5. The molecule has 5 heteroatoms. The van der Waals surface area contributed by atoms with Crippen molar-refractivity contribution < 1.29 is 9.15 Å². The minimum atomic E-state index is -0.592. The lowest BCUT2D eigenvalue weighted by Gasteiger charge is -2.39. The third kappa shape index (κ3) is 5.15. The summed E-state index contributed by atoms with van der Waals surface area (Å²) in [6.07, 6.45) is 1.79. The number of fused-ring (bicyclic) bond motifs is 11. The Hall–Kier alpha value is -7.89. The first-order valence-corrected chi connectivity index (χ1v) is 19.8. The number of hydrogen-bond acceptors (Lipinski definition) is 5. The summed E-state index contributed by atoms with van der Waals surface area (Å²) in [6, 6.07) is 67.8. The first-order chi connectivity index (χ1) is 29.2. The van der Waals surface area contributed by atoms with Crippen LogP contribution in [0.15, 0.2) is 205 Å². The van der Waals surface area contributed by atoms with Crippen molar-refractivity contribution >= 4 is 11.0 Å². The Balaban J connectivity index is 0.988. The summed E-state index contributed by atoms with van der Waals surface area (Å²) in [5, 5.41) is 1.12. The van der Waals surface area contributed by atoms with E-state index in [0.717, 1.165) is 72.5 Å². The summed E-state index contributed by atoms with van der Waals surface area (Å²) in [4.78, 5) is 14.9. The van der Waals surface area contributed by atoms with Gasteiger partial charge in [0.2, 0.25) is 0 Å². The van der Waals surface area contributed by atoms with E-state index < -0.39 is 5.41 Å². The number of hydrogen-bond donors (Lipinski definition) is 0.